The lowest BCUT2D eigenvalue weighted by atomic mass is 10.1. The van der Waals surface area contributed by atoms with Crippen LogP contribution in [0.1, 0.15) is 49.3 Å². The zero-order valence-corrected chi connectivity index (χ0v) is 13.4. The van der Waals surface area contributed by atoms with Crippen molar-refractivity contribution in [3.8, 4) is 0 Å². The van der Waals surface area contributed by atoms with E-state index in [1.165, 1.54) is 0 Å². The summed E-state index contributed by atoms with van der Waals surface area (Å²) in [6, 6.07) is 5.61. The van der Waals surface area contributed by atoms with E-state index in [1.54, 1.807) is 0 Å². The molecule has 22 heavy (non-hydrogen) atoms. The average Bonchev–Trinajstić information content (AvgIpc) is 2.93. The number of aryl methyl sites for hydroxylation is 1. The summed E-state index contributed by atoms with van der Waals surface area (Å²) >= 11 is 0. The van der Waals surface area contributed by atoms with Crippen LogP contribution in [0.4, 0.5) is 0 Å². The predicted molar refractivity (Wildman–Crippen MR) is 88.0 cm³/mol. The topological polar surface area (TPSA) is 69.2 Å². The molecule has 1 aromatic heterocycles. The van der Waals surface area contributed by atoms with Gasteiger partial charge in [-0.3, -0.25) is 4.79 Å². The molecule has 120 valence electrons. The van der Waals surface area contributed by atoms with Gasteiger partial charge in [0.1, 0.15) is 5.82 Å². The van der Waals surface area contributed by atoms with Crippen molar-refractivity contribution >= 4 is 16.9 Å². The molecule has 2 aromatic rings. The Morgan fingerprint density at radius 1 is 1.27 bits per heavy atom. The largest absolute Gasteiger partial charge is 0.396 e. The lowest BCUT2D eigenvalue weighted by molar-refractivity contribution is 0.0755. The molecule has 0 saturated heterocycles. The summed E-state index contributed by atoms with van der Waals surface area (Å²) in [4.78, 5) is 22.2. The number of imidazole rings is 1. The van der Waals surface area contributed by atoms with Gasteiger partial charge in [0.2, 0.25) is 0 Å². The van der Waals surface area contributed by atoms with Crippen LogP contribution in [0.2, 0.25) is 0 Å². The number of rotatable bonds is 8. The first-order valence-electron chi connectivity index (χ1n) is 8.08. The maximum atomic E-state index is 12.6. The Balaban J connectivity index is 2.21. The minimum absolute atomic E-state index is 0.0807. The average molecular weight is 303 g/mol. The van der Waals surface area contributed by atoms with Gasteiger partial charge in [-0.15, -0.1) is 0 Å². The van der Waals surface area contributed by atoms with Gasteiger partial charge < -0.3 is 15.0 Å². The highest BCUT2D eigenvalue weighted by Crippen LogP contribution is 2.16. The summed E-state index contributed by atoms with van der Waals surface area (Å²) in [5.41, 5.74) is 2.44. The quantitative estimate of drug-likeness (QED) is 0.788. The maximum absolute atomic E-state index is 12.6. The summed E-state index contributed by atoms with van der Waals surface area (Å²) in [6.45, 7) is 5.90. The van der Waals surface area contributed by atoms with E-state index in [-0.39, 0.29) is 12.5 Å². The fourth-order valence-corrected chi connectivity index (χ4v) is 2.60. The minimum atomic E-state index is 0.0807. The van der Waals surface area contributed by atoms with Gasteiger partial charge in [-0.1, -0.05) is 13.8 Å². The fraction of sp³-hybridized carbons (Fsp3) is 0.529. The van der Waals surface area contributed by atoms with Crippen LogP contribution in [0.3, 0.4) is 0 Å². The zero-order chi connectivity index (χ0) is 15.9. The number of amides is 1. The Morgan fingerprint density at radius 3 is 2.64 bits per heavy atom. The molecule has 2 rings (SSSR count). The molecule has 0 spiro atoms. The van der Waals surface area contributed by atoms with Crippen LogP contribution < -0.4 is 0 Å². The molecule has 0 atom stereocenters. The van der Waals surface area contributed by atoms with Crippen LogP contribution in [0.5, 0.6) is 0 Å². The van der Waals surface area contributed by atoms with Crippen molar-refractivity contribution in [3.63, 3.8) is 0 Å². The molecule has 0 fully saturated rings. The summed E-state index contributed by atoms with van der Waals surface area (Å²) in [6.07, 6.45) is 3.32. The molecule has 0 aliphatic carbocycles. The number of hydrogen-bond donors (Lipinski definition) is 2. The Morgan fingerprint density at radius 2 is 2.00 bits per heavy atom. The smallest absolute Gasteiger partial charge is 0.253 e. The molecule has 0 bridgehead atoms. The molecule has 0 radical (unpaired) electrons. The van der Waals surface area contributed by atoms with E-state index in [1.807, 2.05) is 23.1 Å². The molecule has 0 unspecified atom stereocenters. The number of H-pyrrole nitrogens is 1. The van der Waals surface area contributed by atoms with E-state index in [9.17, 15) is 4.79 Å². The number of benzene rings is 1. The molecular formula is C17H25N3O2. The number of carbonyl (C=O) groups is 1. The lowest BCUT2D eigenvalue weighted by Gasteiger charge is -2.21. The molecule has 1 heterocycles. The standard InChI is InChI=1S/C17H25N3O2/c1-3-9-20(10-4-2)17(22)13-7-8-14-15(12-13)19-16(18-14)6-5-11-21/h7-8,12,21H,3-6,9-11H2,1-2H3,(H,18,19). The third-order valence-corrected chi connectivity index (χ3v) is 3.62. The normalized spacial score (nSPS) is 11.0. The number of aromatic nitrogens is 2. The SMILES string of the molecule is CCCN(CCC)C(=O)c1ccc2nc(CCCO)[nH]c2c1. The van der Waals surface area contributed by atoms with Crippen LogP contribution in [-0.4, -0.2) is 45.6 Å². The van der Waals surface area contributed by atoms with Gasteiger partial charge in [0.15, 0.2) is 0 Å². The summed E-state index contributed by atoms with van der Waals surface area (Å²) in [5, 5.41) is 8.89. The van der Waals surface area contributed by atoms with E-state index in [0.717, 1.165) is 42.8 Å². The van der Waals surface area contributed by atoms with Crippen molar-refractivity contribution in [1.82, 2.24) is 14.9 Å². The second-order valence-electron chi connectivity index (χ2n) is 5.53. The Kier molecular flexibility index (Phi) is 5.95. The van der Waals surface area contributed by atoms with Gasteiger partial charge >= 0.3 is 0 Å². The highest BCUT2D eigenvalue weighted by Gasteiger charge is 2.15. The molecule has 0 aliphatic heterocycles. The lowest BCUT2D eigenvalue weighted by Crippen LogP contribution is -2.32. The fourth-order valence-electron chi connectivity index (χ4n) is 2.60. The van der Waals surface area contributed by atoms with Gasteiger partial charge in [-0.25, -0.2) is 4.98 Å². The van der Waals surface area contributed by atoms with E-state index < -0.39 is 0 Å². The first kappa shape index (κ1) is 16.5. The predicted octanol–water partition coefficient (Wildman–Crippen LogP) is 2.75. The molecule has 5 nitrogen and oxygen atoms in total. The van der Waals surface area contributed by atoms with Crippen molar-refractivity contribution in [2.24, 2.45) is 0 Å². The number of aliphatic hydroxyl groups is 1. The van der Waals surface area contributed by atoms with Crippen molar-refractivity contribution in [3.05, 3.63) is 29.6 Å². The van der Waals surface area contributed by atoms with Crippen LogP contribution in [0, 0.1) is 0 Å². The van der Waals surface area contributed by atoms with Crippen molar-refractivity contribution < 1.29 is 9.90 Å². The molecule has 5 heteroatoms. The second-order valence-corrected chi connectivity index (χ2v) is 5.53. The molecular weight excluding hydrogens is 278 g/mol. The number of aliphatic hydroxyl groups excluding tert-OH is 1. The highest BCUT2D eigenvalue weighted by atomic mass is 16.2. The van der Waals surface area contributed by atoms with Crippen molar-refractivity contribution in [2.75, 3.05) is 19.7 Å². The van der Waals surface area contributed by atoms with E-state index in [2.05, 4.69) is 23.8 Å². The van der Waals surface area contributed by atoms with E-state index >= 15 is 0 Å². The summed E-state index contributed by atoms with van der Waals surface area (Å²) < 4.78 is 0. The van der Waals surface area contributed by atoms with Crippen LogP contribution in [-0.2, 0) is 6.42 Å². The van der Waals surface area contributed by atoms with E-state index in [4.69, 9.17) is 5.11 Å². The second kappa shape index (κ2) is 7.94. The molecule has 2 N–H and O–H groups in total. The number of nitrogens with zero attached hydrogens (tertiary/aromatic N) is 2. The number of aromatic amines is 1. The minimum Gasteiger partial charge on any atom is -0.396 e. The molecule has 1 amide bonds. The summed E-state index contributed by atoms with van der Waals surface area (Å²) in [5.74, 6) is 0.935. The third kappa shape index (κ3) is 3.85. The Bertz CT molecular complexity index is 615. The van der Waals surface area contributed by atoms with Crippen molar-refractivity contribution in [1.29, 1.82) is 0 Å². The van der Waals surface area contributed by atoms with Crippen LogP contribution in [0.25, 0.3) is 11.0 Å². The van der Waals surface area contributed by atoms with Gasteiger partial charge in [-0.05, 0) is 37.5 Å². The van der Waals surface area contributed by atoms with Gasteiger partial charge in [0, 0.05) is 31.7 Å². The Hall–Kier alpha value is -1.88. The van der Waals surface area contributed by atoms with Gasteiger partial charge in [0.25, 0.3) is 5.91 Å². The maximum Gasteiger partial charge on any atom is 0.253 e. The monoisotopic (exact) mass is 303 g/mol. The number of fused-ring (bicyclic) bond motifs is 1. The third-order valence-electron chi connectivity index (χ3n) is 3.62. The first-order chi connectivity index (χ1) is 10.7. The number of hydrogen-bond acceptors (Lipinski definition) is 3. The number of nitrogens with one attached hydrogen (secondary N) is 1. The van der Waals surface area contributed by atoms with Gasteiger partial charge in [0.05, 0.1) is 11.0 Å². The van der Waals surface area contributed by atoms with Crippen LogP contribution in [0.15, 0.2) is 18.2 Å². The van der Waals surface area contributed by atoms with E-state index in [0.29, 0.717) is 18.4 Å². The Labute approximate surface area is 131 Å². The number of carbonyl (C=O) groups excluding carboxylic acids is 1. The highest BCUT2D eigenvalue weighted by molar-refractivity contribution is 5.97. The van der Waals surface area contributed by atoms with Crippen LogP contribution >= 0.6 is 0 Å². The zero-order valence-electron chi connectivity index (χ0n) is 13.4. The van der Waals surface area contributed by atoms with Gasteiger partial charge in [-0.2, -0.15) is 0 Å². The molecule has 1 aromatic carbocycles. The molecule has 0 saturated carbocycles. The summed E-state index contributed by atoms with van der Waals surface area (Å²) in [7, 11) is 0. The molecule has 0 aliphatic rings. The first-order valence-corrected chi connectivity index (χ1v) is 8.08. The van der Waals surface area contributed by atoms with Crippen molar-refractivity contribution in [2.45, 2.75) is 39.5 Å².